The van der Waals surface area contributed by atoms with Crippen LogP contribution in [0, 0.1) is 6.92 Å². The fourth-order valence-electron chi connectivity index (χ4n) is 3.56. The van der Waals surface area contributed by atoms with Gasteiger partial charge in [0.15, 0.2) is 0 Å². The molecular formula is C22H23N3O4. The van der Waals surface area contributed by atoms with Crippen molar-refractivity contribution in [1.29, 1.82) is 0 Å². The zero-order chi connectivity index (χ0) is 20.2. The van der Waals surface area contributed by atoms with E-state index in [0.717, 1.165) is 29.8 Å². The summed E-state index contributed by atoms with van der Waals surface area (Å²) in [5.74, 6) is 0.340. The van der Waals surface area contributed by atoms with E-state index < -0.39 is 11.5 Å². The number of amides is 1. The molecule has 7 heteroatoms. The molecule has 1 aliphatic rings. The fourth-order valence-corrected chi connectivity index (χ4v) is 3.56. The number of hydrogen-bond donors (Lipinski definition) is 2. The van der Waals surface area contributed by atoms with Crippen molar-refractivity contribution in [3.8, 4) is 11.3 Å². The molecule has 3 heterocycles. The first kappa shape index (κ1) is 19.1. The average Bonchev–Trinajstić information content (AvgIpc) is 3.22. The van der Waals surface area contributed by atoms with Gasteiger partial charge in [-0.05, 0) is 37.5 Å². The van der Waals surface area contributed by atoms with Crippen LogP contribution in [-0.4, -0.2) is 29.3 Å². The molecular weight excluding hydrogens is 370 g/mol. The summed E-state index contributed by atoms with van der Waals surface area (Å²) in [5.41, 5.74) is 2.60. The highest BCUT2D eigenvalue weighted by molar-refractivity contribution is 5.95. The smallest absolute Gasteiger partial charge is 0.349 e. The molecule has 0 aliphatic carbocycles. The number of benzene rings is 1. The second-order valence-electron chi connectivity index (χ2n) is 7.21. The van der Waals surface area contributed by atoms with E-state index in [1.807, 2.05) is 36.4 Å². The van der Waals surface area contributed by atoms with Crippen LogP contribution in [0.25, 0.3) is 11.3 Å². The number of carbonyl (C=O) groups excluding carboxylic acids is 1. The summed E-state index contributed by atoms with van der Waals surface area (Å²) in [6.45, 7) is 3.31. The monoisotopic (exact) mass is 393 g/mol. The van der Waals surface area contributed by atoms with Crippen molar-refractivity contribution in [2.24, 2.45) is 0 Å². The van der Waals surface area contributed by atoms with Crippen molar-refractivity contribution >= 4 is 5.91 Å². The van der Waals surface area contributed by atoms with Gasteiger partial charge in [-0.25, -0.2) is 4.79 Å². The number of nitrogens with zero attached hydrogens (tertiary/aromatic N) is 1. The molecule has 1 amide bonds. The highest BCUT2D eigenvalue weighted by atomic mass is 16.5. The van der Waals surface area contributed by atoms with Crippen LogP contribution >= 0.6 is 0 Å². The minimum Gasteiger partial charge on any atom is -0.427 e. The molecule has 150 valence electrons. The molecule has 0 radical (unpaired) electrons. The van der Waals surface area contributed by atoms with E-state index in [4.69, 9.17) is 9.15 Å². The second kappa shape index (κ2) is 8.45. The maximum absolute atomic E-state index is 12.6. The molecule has 0 spiro atoms. The van der Waals surface area contributed by atoms with Crippen LogP contribution in [0.15, 0.2) is 51.7 Å². The van der Waals surface area contributed by atoms with Gasteiger partial charge in [0.05, 0.1) is 17.9 Å². The largest absolute Gasteiger partial charge is 0.427 e. The summed E-state index contributed by atoms with van der Waals surface area (Å²) >= 11 is 0. The molecule has 1 aromatic carbocycles. The fraction of sp³-hybridized carbons (Fsp3) is 0.318. The van der Waals surface area contributed by atoms with Crippen LogP contribution in [0.1, 0.15) is 46.1 Å². The molecule has 1 aliphatic heterocycles. The van der Waals surface area contributed by atoms with Crippen molar-refractivity contribution in [2.45, 2.75) is 32.2 Å². The van der Waals surface area contributed by atoms with Gasteiger partial charge in [-0.3, -0.25) is 9.89 Å². The Kier molecular flexibility index (Phi) is 5.57. The third-order valence-corrected chi connectivity index (χ3v) is 5.16. The number of nitrogens with one attached hydrogen (secondary N) is 2. The molecule has 2 N–H and O–H groups in total. The molecule has 2 aromatic heterocycles. The molecule has 7 nitrogen and oxygen atoms in total. The summed E-state index contributed by atoms with van der Waals surface area (Å²) in [5, 5.41) is 9.95. The second-order valence-corrected chi connectivity index (χ2v) is 7.21. The zero-order valence-electron chi connectivity index (χ0n) is 16.2. The number of aryl methyl sites for hydroxylation is 1. The average molecular weight is 393 g/mol. The molecule has 29 heavy (non-hydrogen) atoms. The summed E-state index contributed by atoms with van der Waals surface area (Å²) in [6, 6.07) is 13.4. The van der Waals surface area contributed by atoms with Gasteiger partial charge in [0.2, 0.25) is 0 Å². The number of rotatable bonds is 5. The van der Waals surface area contributed by atoms with Gasteiger partial charge >= 0.3 is 5.63 Å². The van der Waals surface area contributed by atoms with Gasteiger partial charge in [-0.1, -0.05) is 30.3 Å². The summed E-state index contributed by atoms with van der Waals surface area (Å²) in [4.78, 5) is 25.1. The third-order valence-electron chi connectivity index (χ3n) is 5.16. The number of hydrogen-bond acceptors (Lipinski definition) is 5. The van der Waals surface area contributed by atoms with E-state index in [1.54, 1.807) is 13.0 Å². The number of carbonyl (C=O) groups is 1. The van der Waals surface area contributed by atoms with E-state index in [1.165, 1.54) is 0 Å². The van der Waals surface area contributed by atoms with Gasteiger partial charge in [0.1, 0.15) is 11.3 Å². The minimum absolute atomic E-state index is 0.0450. The van der Waals surface area contributed by atoms with Crippen LogP contribution in [0.4, 0.5) is 0 Å². The van der Waals surface area contributed by atoms with E-state index in [-0.39, 0.29) is 18.0 Å². The van der Waals surface area contributed by atoms with Crippen molar-refractivity contribution in [1.82, 2.24) is 15.5 Å². The lowest BCUT2D eigenvalue weighted by Gasteiger charge is -2.21. The Morgan fingerprint density at radius 3 is 2.69 bits per heavy atom. The van der Waals surface area contributed by atoms with Crippen LogP contribution in [0.3, 0.4) is 0 Å². The Morgan fingerprint density at radius 2 is 1.97 bits per heavy atom. The molecule has 3 aromatic rings. The maximum atomic E-state index is 12.6. The first-order valence-corrected chi connectivity index (χ1v) is 9.72. The first-order chi connectivity index (χ1) is 14.1. The minimum atomic E-state index is -0.599. The number of aromatic amines is 1. The summed E-state index contributed by atoms with van der Waals surface area (Å²) < 4.78 is 10.8. The predicted octanol–water partition coefficient (Wildman–Crippen LogP) is 3.16. The topological polar surface area (TPSA) is 97.2 Å². The molecule has 0 atom stereocenters. The maximum Gasteiger partial charge on any atom is 0.349 e. The Morgan fingerprint density at radius 1 is 1.21 bits per heavy atom. The Labute approximate surface area is 168 Å². The highest BCUT2D eigenvalue weighted by Gasteiger charge is 2.22. The lowest BCUT2D eigenvalue weighted by Crippen LogP contribution is -2.29. The Balaban J connectivity index is 1.45. The number of H-pyrrole nitrogens is 1. The molecule has 4 rings (SSSR count). The zero-order valence-corrected chi connectivity index (χ0v) is 16.2. The van der Waals surface area contributed by atoms with Crippen molar-refractivity contribution in [2.75, 3.05) is 13.2 Å². The predicted molar refractivity (Wildman–Crippen MR) is 108 cm³/mol. The standard InChI is InChI=1S/C22H23N3O4/c1-14-11-19(16-7-9-28-10-8-16)29-22(27)20(14)21(26)23-13-17-12-18(25-24-17)15-5-3-2-4-6-15/h2-6,11-12,16H,7-10,13H2,1H3,(H,23,26)(H,24,25). The van der Waals surface area contributed by atoms with E-state index in [0.29, 0.717) is 24.5 Å². The SMILES string of the molecule is Cc1cc(C2CCOCC2)oc(=O)c1C(=O)NCc1cc(-c2ccccc2)n[nH]1. The van der Waals surface area contributed by atoms with E-state index in [2.05, 4.69) is 15.5 Å². The molecule has 0 unspecified atom stereocenters. The molecule has 0 bridgehead atoms. The Bertz CT molecular complexity index is 1050. The highest BCUT2D eigenvalue weighted by Crippen LogP contribution is 2.27. The van der Waals surface area contributed by atoms with Gasteiger partial charge in [0.25, 0.3) is 5.91 Å². The van der Waals surface area contributed by atoms with Crippen LogP contribution in [0.2, 0.25) is 0 Å². The third kappa shape index (κ3) is 4.30. The molecule has 1 saturated heterocycles. The summed E-state index contributed by atoms with van der Waals surface area (Å²) in [6.07, 6.45) is 1.63. The van der Waals surface area contributed by atoms with Crippen LogP contribution in [-0.2, 0) is 11.3 Å². The van der Waals surface area contributed by atoms with Gasteiger partial charge in [-0.15, -0.1) is 0 Å². The first-order valence-electron chi connectivity index (χ1n) is 9.72. The van der Waals surface area contributed by atoms with Crippen molar-refractivity contribution in [3.05, 3.63) is 75.5 Å². The van der Waals surface area contributed by atoms with Gasteiger partial charge in [-0.2, -0.15) is 5.10 Å². The van der Waals surface area contributed by atoms with Crippen LogP contribution in [0.5, 0.6) is 0 Å². The number of aromatic nitrogens is 2. The normalized spacial score (nSPS) is 14.7. The van der Waals surface area contributed by atoms with E-state index >= 15 is 0 Å². The molecule has 0 saturated carbocycles. The van der Waals surface area contributed by atoms with Crippen molar-refractivity contribution < 1.29 is 13.9 Å². The van der Waals surface area contributed by atoms with Crippen molar-refractivity contribution in [3.63, 3.8) is 0 Å². The Hall–Kier alpha value is -3.19. The van der Waals surface area contributed by atoms with E-state index in [9.17, 15) is 9.59 Å². The number of ether oxygens (including phenoxy) is 1. The lowest BCUT2D eigenvalue weighted by atomic mass is 9.95. The summed E-state index contributed by atoms with van der Waals surface area (Å²) in [7, 11) is 0. The lowest BCUT2D eigenvalue weighted by molar-refractivity contribution is 0.0795. The molecule has 1 fully saturated rings. The van der Waals surface area contributed by atoms with Gasteiger partial charge in [0, 0.05) is 24.7 Å². The quantitative estimate of drug-likeness (QED) is 0.694. The van der Waals surface area contributed by atoms with Gasteiger partial charge < -0.3 is 14.5 Å². The van der Waals surface area contributed by atoms with Crippen LogP contribution < -0.4 is 10.9 Å².